The van der Waals surface area contributed by atoms with Crippen LogP contribution in [0.15, 0.2) is 12.2 Å². The summed E-state index contributed by atoms with van der Waals surface area (Å²) in [5, 5.41) is 8.44. The highest BCUT2D eigenvalue weighted by Crippen LogP contribution is 2.25. The fourth-order valence-electron chi connectivity index (χ4n) is 0.694. The molecule has 0 aromatic heterocycles. The minimum atomic E-state index is -4.05. The van der Waals surface area contributed by atoms with Crippen LogP contribution >= 0.6 is 0 Å². The van der Waals surface area contributed by atoms with Crippen molar-refractivity contribution in [1.29, 1.82) is 5.26 Å². The zero-order valence-corrected chi connectivity index (χ0v) is 7.85. The topological polar surface area (TPSA) is 78.2 Å². The molecule has 1 N–H and O–H groups in total. The van der Waals surface area contributed by atoms with Gasteiger partial charge in [-0.05, 0) is 0 Å². The average Bonchev–Trinajstić information content (AvgIpc) is 1.80. The van der Waals surface area contributed by atoms with Crippen molar-refractivity contribution in [3.05, 3.63) is 12.2 Å². The smallest absolute Gasteiger partial charge is 0.265 e. The minimum absolute atomic E-state index is 0.139. The van der Waals surface area contributed by atoms with Crippen LogP contribution in [0.3, 0.4) is 0 Å². The minimum Gasteiger partial charge on any atom is -0.286 e. The van der Waals surface area contributed by atoms with Crippen molar-refractivity contribution < 1.29 is 13.0 Å². The van der Waals surface area contributed by atoms with Crippen molar-refractivity contribution in [2.45, 2.75) is 13.8 Å². The van der Waals surface area contributed by atoms with Gasteiger partial charge in [0.1, 0.15) is 0 Å². The van der Waals surface area contributed by atoms with Crippen LogP contribution < -0.4 is 0 Å². The van der Waals surface area contributed by atoms with E-state index < -0.39 is 21.3 Å². The van der Waals surface area contributed by atoms with Crippen LogP contribution in [0.5, 0.6) is 0 Å². The fraction of sp³-hybridized carbons (Fsp3) is 0.571. The van der Waals surface area contributed by atoms with Gasteiger partial charge in [-0.25, -0.2) is 0 Å². The Bertz CT molecular complexity index is 321. The van der Waals surface area contributed by atoms with E-state index in [0.717, 1.165) is 0 Å². The third-order valence-electron chi connectivity index (χ3n) is 1.50. The first-order valence-electron chi connectivity index (χ1n) is 3.24. The van der Waals surface area contributed by atoms with Crippen LogP contribution in [-0.2, 0) is 10.1 Å². The highest BCUT2D eigenvalue weighted by atomic mass is 32.2. The fourth-order valence-corrected chi connectivity index (χ4v) is 1.78. The van der Waals surface area contributed by atoms with Crippen molar-refractivity contribution in [3.63, 3.8) is 0 Å². The predicted octanol–water partition coefficient (Wildman–Crippen LogP) is 0.980. The Morgan fingerprint density at radius 3 is 2.33 bits per heavy atom. The molecule has 0 spiro atoms. The molecule has 0 fully saturated rings. The Labute approximate surface area is 72.3 Å². The maximum atomic E-state index is 10.5. The highest BCUT2D eigenvalue weighted by molar-refractivity contribution is 7.85. The molecule has 0 heterocycles. The first-order valence-corrected chi connectivity index (χ1v) is 4.84. The first kappa shape index (κ1) is 11.1. The Kier molecular flexibility index (Phi) is 3.02. The van der Waals surface area contributed by atoms with E-state index in [0.29, 0.717) is 0 Å². The van der Waals surface area contributed by atoms with Gasteiger partial charge < -0.3 is 0 Å². The quantitative estimate of drug-likeness (QED) is 0.530. The molecule has 12 heavy (non-hydrogen) atoms. The molecule has 0 aromatic rings. The van der Waals surface area contributed by atoms with E-state index in [1.165, 1.54) is 13.8 Å². The Morgan fingerprint density at radius 1 is 1.67 bits per heavy atom. The van der Waals surface area contributed by atoms with Gasteiger partial charge in [-0.15, -0.1) is 0 Å². The molecule has 4 nitrogen and oxygen atoms in total. The van der Waals surface area contributed by atoms with Crippen molar-refractivity contribution in [1.82, 2.24) is 0 Å². The van der Waals surface area contributed by atoms with Gasteiger partial charge in [0.25, 0.3) is 10.1 Å². The van der Waals surface area contributed by atoms with E-state index >= 15 is 0 Å². The summed E-state index contributed by atoms with van der Waals surface area (Å²) in [7, 11) is -4.05. The monoisotopic (exact) mass is 189 g/mol. The molecule has 5 heteroatoms. The van der Waals surface area contributed by atoms with E-state index in [9.17, 15) is 8.42 Å². The summed E-state index contributed by atoms with van der Waals surface area (Å²) in [5.74, 6) is -0.480. The number of nitriles is 1. The van der Waals surface area contributed by atoms with Gasteiger partial charge in [-0.3, -0.25) is 4.55 Å². The normalized spacial score (nSPS) is 12.2. The number of hydrogen-bond acceptors (Lipinski definition) is 3. The van der Waals surface area contributed by atoms with Crippen LogP contribution in [0.1, 0.15) is 13.8 Å². The Morgan fingerprint density at radius 2 is 2.08 bits per heavy atom. The highest BCUT2D eigenvalue weighted by Gasteiger charge is 2.27. The van der Waals surface area contributed by atoms with Crippen LogP contribution in [0.2, 0.25) is 0 Å². The third-order valence-corrected chi connectivity index (χ3v) is 2.58. The summed E-state index contributed by atoms with van der Waals surface area (Å²) in [5.41, 5.74) is -0.761. The maximum absolute atomic E-state index is 10.5. The van der Waals surface area contributed by atoms with Gasteiger partial charge >= 0.3 is 0 Å². The molecular formula is C7H11NO3S. The molecule has 0 aliphatic carbocycles. The van der Waals surface area contributed by atoms with Crippen LogP contribution in [0.4, 0.5) is 0 Å². The molecule has 0 aliphatic rings. The second-order valence-corrected chi connectivity index (χ2v) is 4.65. The second-order valence-electron chi connectivity index (χ2n) is 3.20. The predicted molar refractivity (Wildman–Crippen MR) is 44.9 cm³/mol. The standard InChI is InChI=1S/C7H11NO3S/c1-6(4-8)7(2,3)5-12(9,10)11/h1,5H2,2-3H3,(H,9,10,11). The molecule has 0 aliphatic heterocycles. The molecule has 0 aromatic carbocycles. The van der Waals surface area contributed by atoms with Gasteiger partial charge in [0.15, 0.2) is 0 Å². The summed E-state index contributed by atoms with van der Waals surface area (Å²) in [6, 6.07) is 1.76. The molecule has 0 atom stereocenters. The molecular weight excluding hydrogens is 178 g/mol. The van der Waals surface area contributed by atoms with E-state index in [1.54, 1.807) is 6.07 Å². The zero-order chi connectivity index (χ0) is 9.99. The lowest BCUT2D eigenvalue weighted by molar-refractivity contribution is 0.443. The summed E-state index contributed by atoms with van der Waals surface area (Å²) in [4.78, 5) is 0. The van der Waals surface area contributed by atoms with E-state index in [1.807, 2.05) is 0 Å². The molecule has 0 unspecified atom stereocenters. The number of nitrogens with zero attached hydrogens (tertiary/aromatic N) is 1. The van der Waals surface area contributed by atoms with Crippen molar-refractivity contribution in [2.24, 2.45) is 5.41 Å². The molecule has 0 amide bonds. The average molecular weight is 189 g/mol. The third kappa shape index (κ3) is 3.51. The van der Waals surface area contributed by atoms with E-state index in [2.05, 4.69) is 6.58 Å². The van der Waals surface area contributed by atoms with E-state index in [-0.39, 0.29) is 5.57 Å². The molecule has 68 valence electrons. The van der Waals surface area contributed by atoms with Crippen molar-refractivity contribution in [2.75, 3.05) is 5.75 Å². The Hall–Kier alpha value is -0.860. The lowest BCUT2D eigenvalue weighted by Crippen LogP contribution is -2.24. The summed E-state index contributed by atoms with van der Waals surface area (Å²) < 4.78 is 29.5. The van der Waals surface area contributed by atoms with Crippen molar-refractivity contribution >= 4 is 10.1 Å². The lowest BCUT2D eigenvalue weighted by Gasteiger charge is -2.20. The molecule has 0 bridgehead atoms. The lowest BCUT2D eigenvalue weighted by atomic mass is 9.88. The Balaban J connectivity index is 4.69. The van der Waals surface area contributed by atoms with Gasteiger partial charge in [0.2, 0.25) is 0 Å². The maximum Gasteiger partial charge on any atom is 0.265 e. The first-order chi connectivity index (χ1) is 5.19. The molecule has 0 rings (SSSR count). The second kappa shape index (κ2) is 3.25. The van der Waals surface area contributed by atoms with Gasteiger partial charge in [-0.2, -0.15) is 13.7 Å². The van der Waals surface area contributed by atoms with E-state index in [4.69, 9.17) is 9.81 Å². The van der Waals surface area contributed by atoms with Crippen LogP contribution in [-0.4, -0.2) is 18.7 Å². The zero-order valence-electron chi connectivity index (χ0n) is 7.03. The van der Waals surface area contributed by atoms with Gasteiger partial charge in [-0.1, -0.05) is 20.4 Å². The molecule has 0 saturated carbocycles. The number of hydrogen-bond donors (Lipinski definition) is 1. The van der Waals surface area contributed by atoms with Gasteiger partial charge in [0.05, 0.1) is 11.8 Å². The summed E-state index contributed by atoms with van der Waals surface area (Å²) in [6.45, 7) is 6.46. The SMILES string of the molecule is C=C(C#N)C(C)(C)CS(=O)(=O)O. The largest absolute Gasteiger partial charge is 0.286 e. The molecule has 0 radical (unpaired) electrons. The summed E-state index contributed by atoms with van der Waals surface area (Å²) >= 11 is 0. The number of rotatable bonds is 3. The van der Waals surface area contributed by atoms with Crippen molar-refractivity contribution in [3.8, 4) is 6.07 Å². The summed E-state index contributed by atoms with van der Waals surface area (Å²) in [6.07, 6.45) is 0. The van der Waals surface area contributed by atoms with Gasteiger partial charge in [0, 0.05) is 11.0 Å². The number of allylic oxidation sites excluding steroid dienone is 1. The van der Waals surface area contributed by atoms with Crippen LogP contribution in [0, 0.1) is 16.7 Å². The molecule has 0 saturated heterocycles. The van der Waals surface area contributed by atoms with Crippen LogP contribution in [0.25, 0.3) is 0 Å².